The van der Waals surface area contributed by atoms with E-state index in [0.29, 0.717) is 22.5 Å². The van der Waals surface area contributed by atoms with Crippen LogP contribution in [0.15, 0.2) is 30.6 Å². The molecule has 2 rings (SSSR count). The number of anilines is 1. The normalized spacial score (nSPS) is 10.4. The fourth-order valence-corrected chi connectivity index (χ4v) is 1.57. The third-order valence-electron chi connectivity index (χ3n) is 2.18. The van der Waals surface area contributed by atoms with Gasteiger partial charge in [-0.1, -0.05) is 11.6 Å². The van der Waals surface area contributed by atoms with Crippen molar-refractivity contribution in [2.75, 3.05) is 5.73 Å². The van der Waals surface area contributed by atoms with Gasteiger partial charge in [0.05, 0.1) is 5.02 Å². The lowest BCUT2D eigenvalue weighted by atomic mass is 10.3. The summed E-state index contributed by atoms with van der Waals surface area (Å²) in [6, 6.07) is 5.64. The summed E-state index contributed by atoms with van der Waals surface area (Å²) in [4.78, 5) is 4.10. The van der Waals surface area contributed by atoms with Crippen LogP contribution in [0.2, 0.25) is 5.02 Å². The Morgan fingerprint density at radius 1 is 1.50 bits per heavy atom. The van der Waals surface area contributed by atoms with Gasteiger partial charge in [-0.05, 0) is 25.1 Å². The summed E-state index contributed by atoms with van der Waals surface area (Å²) < 4.78 is 7.47. The summed E-state index contributed by atoms with van der Waals surface area (Å²) in [5.41, 5.74) is 6.20. The molecule has 0 saturated carbocycles. The summed E-state index contributed by atoms with van der Waals surface area (Å²) >= 11 is 6.00. The standard InChI is InChI=1S/C11H12ClN3O/c1-2-15-6-5-14-11(15)16-10-4-3-8(13)7-9(10)12/h3-7H,2,13H2,1H3. The van der Waals surface area contributed by atoms with Gasteiger partial charge in [-0.3, -0.25) is 0 Å². The Balaban J connectivity index is 2.27. The number of halogens is 1. The van der Waals surface area contributed by atoms with Crippen LogP contribution < -0.4 is 10.5 Å². The molecule has 0 aliphatic carbocycles. The van der Waals surface area contributed by atoms with E-state index in [-0.39, 0.29) is 0 Å². The number of nitrogens with zero attached hydrogens (tertiary/aromatic N) is 2. The Hall–Kier alpha value is -1.68. The van der Waals surface area contributed by atoms with Gasteiger partial charge in [0, 0.05) is 24.6 Å². The molecular weight excluding hydrogens is 226 g/mol. The van der Waals surface area contributed by atoms with Crippen molar-refractivity contribution in [2.24, 2.45) is 0 Å². The number of aromatic nitrogens is 2. The Bertz CT molecular complexity index is 496. The molecule has 0 fully saturated rings. The molecule has 2 N–H and O–H groups in total. The van der Waals surface area contributed by atoms with Crippen molar-refractivity contribution in [3.05, 3.63) is 35.6 Å². The molecule has 1 aromatic heterocycles. The van der Waals surface area contributed by atoms with Crippen molar-refractivity contribution in [3.63, 3.8) is 0 Å². The lowest BCUT2D eigenvalue weighted by Crippen LogP contribution is -1.97. The van der Waals surface area contributed by atoms with Gasteiger partial charge >= 0.3 is 6.01 Å². The average Bonchev–Trinajstić information content (AvgIpc) is 2.69. The second-order valence-electron chi connectivity index (χ2n) is 3.29. The van der Waals surface area contributed by atoms with Gasteiger partial charge in [-0.15, -0.1) is 0 Å². The van der Waals surface area contributed by atoms with Gasteiger partial charge in [0.2, 0.25) is 0 Å². The Labute approximate surface area is 98.6 Å². The third kappa shape index (κ3) is 2.12. The van der Waals surface area contributed by atoms with E-state index in [9.17, 15) is 0 Å². The molecule has 0 radical (unpaired) electrons. The molecule has 0 atom stereocenters. The highest BCUT2D eigenvalue weighted by molar-refractivity contribution is 6.32. The Kier molecular flexibility index (Phi) is 3.01. The molecule has 1 heterocycles. The van der Waals surface area contributed by atoms with Gasteiger partial charge in [0.1, 0.15) is 5.75 Å². The Morgan fingerprint density at radius 2 is 2.31 bits per heavy atom. The monoisotopic (exact) mass is 237 g/mol. The van der Waals surface area contributed by atoms with E-state index in [0.717, 1.165) is 6.54 Å². The molecule has 0 amide bonds. The molecule has 0 aliphatic rings. The first-order chi connectivity index (χ1) is 7.70. The quantitative estimate of drug-likeness (QED) is 0.835. The molecule has 0 spiro atoms. The molecule has 0 saturated heterocycles. The molecule has 16 heavy (non-hydrogen) atoms. The molecule has 4 nitrogen and oxygen atoms in total. The first kappa shape index (κ1) is 10.8. The van der Waals surface area contributed by atoms with E-state index in [1.54, 1.807) is 24.4 Å². The van der Waals surface area contributed by atoms with Gasteiger partial charge in [-0.25, -0.2) is 4.98 Å². The van der Waals surface area contributed by atoms with E-state index in [4.69, 9.17) is 22.1 Å². The number of aryl methyl sites for hydroxylation is 1. The SMILES string of the molecule is CCn1ccnc1Oc1ccc(N)cc1Cl. The van der Waals surface area contributed by atoms with E-state index in [1.807, 2.05) is 17.7 Å². The maximum absolute atomic E-state index is 6.00. The Morgan fingerprint density at radius 3 is 3.00 bits per heavy atom. The van der Waals surface area contributed by atoms with Crippen LogP contribution >= 0.6 is 11.6 Å². The van der Waals surface area contributed by atoms with Crippen LogP contribution in [0.25, 0.3) is 0 Å². The van der Waals surface area contributed by atoms with Crippen molar-refractivity contribution in [2.45, 2.75) is 13.5 Å². The summed E-state index contributed by atoms with van der Waals surface area (Å²) in [6.45, 7) is 2.81. The largest absolute Gasteiger partial charge is 0.424 e. The van der Waals surface area contributed by atoms with Crippen LogP contribution in [-0.2, 0) is 6.54 Å². The summed E-state index contributed by atoms with van der Waals surface area (Å²) in [6.07, 6.45) is 3.53. The van der Waals surface area contributed by atoms with Crippen molar-refractivity contribution < 1.29 is 4.74 Å². The molecule has 0 bridgehead atoms. The van der Waals surface area contributed by atoms with E-state index < -0.39 is 0 Å². The van der Waals surface area contributed by atoms with Crippen LogP contribution in [0.5, 0.6) is 11.8 Å². The van der Waals surface area contributed by atoms with Gasteiger partial charge in [-0.2, -0.15) is 0 Å². The topological polar surface area (TPSA) is 53.1 Å². The fourth-order valence-electron chi connectivity index (χ4n) is 1.34. The van der Waals surface area contributed by atoms with Crippen LogP contribution in [-0.4, -0.2) is 9.55 Å². The van der Waals surface area contributed by atoms with E-state index in [2.05, 4.69) is 4.98 Å². The second kappa shape index (κ2) is 4.45. The van der Waals surface area contributed by atoms with Crippen LogP contribution in [0.4, 0.5) is 5.69 Å². The highest BCUT2D eigenvalue weighted by Gasteiger charge is 2.07. The summed E-state index contributed by atoms with van der Waals surface area (Å²) in [5, 5.41) is 0.477. The van der Waals surface area contributed by atoms with Gasteiger partial charge in [0.15, 0.2) is 0 Å². The number of benzene rings is 1. The molecule has 2 aromatic rings. The third-order valence-corrected chi connectivity index (χ3v) is 2.47. The maximum Gasteiger partial charge on any atom is 0.301 e. The molecule has 1 aromatic carbocycles. The average molecular weight is 238 g/mol. The van der Waals surface area contributed by atoms with Crippen LogP contribution in [0.3, 0.4) is 0 Å². The smallest absolute Gasteiger partial charge is 0.301 e. The molecule has 5 heteroatoms. The lowest BCUT2D eigenvalue weighted by Gasteiger charge is -2.08. The van der Waals surface area contributed by atoms with Crippen molar-refractivity contribution in [1.29, 1.82) is 0 Å². The van der Waals surface area contributed by atoms with Crippen LogP contribution in [0.1, 0.15) is 6.92 Å². The minimum absolute atomic E-state index is 0.477. The molecule has 0 unspecified atom stereocenters. The summed E-state index contributed by atoms with van der Waals surface area (Å²) in [5.74, 6) is 0.553. The van der Waals surface area contributed by atoms with E-state index in [1.165, 1.54) is 0 Å². The number of hydrogen-bond acceptors (Lipinski definition) is 3. The van der Waals surface area contributed by atoms with Crippen molar-refractivity contribution in [3.8, 4) is 11.8 Å². The second-order valence-corrected chi connectivity index (χ2v) is 3.69. The predicted octanol–water partition coefficient (Wildman–Crippen LogP) is 2.93. The number of imidazole rings is 1. The first-order valence-corrected chi connectivity index (χ1v) is 5.32. The van der Waals surface area contributed by atoms with Crippen molar-refractivity contribution in [1.82, 2.24) is 9.55 Å². The minimum atomic E-state index is 0.477. The number of ether oxygens (including phenoxy) is 1. The minimum Gasteiger partial charge on any atom is -0.424 e. The number of nitrogens with two attached hydrogens (primary N) is 1. The maximum atomic E-state index is 6.00. The zero-order chi connectivity index (χ0) is 11.5. The zero-order valence-electron chi connectivity index (χ0n) is 8.85. The predicted molar refractivity (Wildman–Crippen MR) is 63.8 cm³/mol. The summed E-state index contributed by atoms with van der Waals surface area (Å²) in [7, 11) is 0. The molecular formula is C11H12ClN3O. The highest BCUT2D eigenvalue weighted by atomic mass is 35.5. The number of nitrogen functional groups attached to an aromatic ring is 1. The fraction of sp³-hybridized carbons (Fsp3) is 0.182. The van der Waals surface area contributed by atoms with Crippen LogP contribution in [0, 0.1) is 0 Å². The molecule has 0 aliphatic heterocycles. The number of hydrogen-bond donors (Lipinski definition) is 1. The lowest BCUT2D eigenvalue weighted by molar-refractivity contribution is 0.415. The van der Waals surface area contributed by atoms with Gasteiger partial charge < -0.3 is 15.0 Å². The zero-order valence-corrected chi connectivity index (χ0v) is 9.61. The number of rotatable bonds is 3. The van der Waals surface area contributed by atoms with Gasteiger partial charge in [0.25, 0.3) is 0 Å². The highest BCUT2D eigenvalue weighted by Crippen LogP contribution is 2.29. The first-order valence-electron chi connectivity index (χ1n) is 4.94. The van der Waals surface area contributed by atoms with Crippen molar-refractivity contribution >= 4 is 17.3 Å². The molecule has 84 valence electrons. The van der Waals surface area contributed by atoms with E-state index >= 15 is 0 Å².